The lowest BCUT2D eigenvalue weighted by atomic mass is 10.1. The van der Waals surface area contributed by atoms with Crippen molar-refractivity contribution in [2.75, 3.05) is 18.1 Å². The number of nitrogens with two attached hydrogens (primary N) is 1. The molecule has 0 saturated carbocycles. The summed E-state index contributed by atoms with van der Waals surface area (Å²) in [4.78, 5) is 0.300. The summed E-state index contributed by atoms with van der Waals surface area (Å²) in [5.74, 6) is 7.68. The predicted octanol–water partition coefficient (Wildman–Crippen LogP) is 1.48. The van der Waals surface area contributed by atoms with Crippen molar-refractivity contribution >= 4 is 21.8 Å². The predicted molar refractivity (Wildman–Crippen MR) is 87.8 cm³/mol. The molecule has 0 aromatic heterocycles. The van der Waals surface area contributed by atoms with E-state index in [1.165, 1.54) is 0 Å². The minimum Gasteiger partial charge on any atom is -0.320 e. The molecule has 0 aliphatic carbocycles. The molecule has 1 aliphatic rings. The smallest absolute Gasteiger partial charge is 0.240 e. The molecular weight excluding hydrogens is 304 g/mol. The number of thioether (sulfide) groups is 1. The maximum Gasteiger partial charge on any atom is 0.240 e. The topological polar surface area (TPSA) is 72.2 Å². The fourth-order valence-corrected chi connectivity index (χ4v) is 4.74. The Morgan fingerprint density at radius 3 is 2.90 bits per heavy atom. The summed E-state index contributed by atoms with van der Waals surface area (Å²) in [5, 5.41) is 0. The van der Waals surface area contributed by atoms with Gasteiger partial charge in [0.05, 0.1) is 11.4 Å². The Kier molecular flexibility index (Phi) is 5.71. The van der Waals surface area contributed by atoms with Crippen molar-refractivity contribution in [2.24, 2.45) is 5.73 Å². The molecule has 1 aliphatic heterocycles. The molecule has 4 nitrogen and oxygen atoms in total. The average Bonchev–Trinajstić information content (AvgIpc) is 2.46. The third-order valence-electron chi connectivity index (χ3n) is 3.32. The lowest BCUT2D eigenvalue weighted by Gasteiger charge is -2.22. The van der Waals surface area contributed by atoms with Crippen LogP contribution < -0.4 is 10.5 Å². The van der Waals surface area contributed by atoms with Gasteiger partial charge in [0.15, 0.2) is 0 Å². The zero-order valence-corrected chi connectivity index (χ0v) is 13.7. The van der Waals surface area contributed by atoms with Crippen molar-refractivity contribution in [1.29, 1.82) is 0 Å². The zero-order chi connectivity index (χ0) is 15.3. The molecule has 3 N–H and O–H groups in total. The van der Waals surface area contributed by atoms with Crippen molar-refractivity contribution in [2.45, 2.75) is 30.7 Å². The molecule has 1 fully saturated rings. The van der Waals surface area contributed by atoms with Crippen molar-refractivity contribution in [3.63, 3.8) is 0 Å². The lowest BCUT2D eigenvalue weighted by Crippen LogP contribution is -2.38. The minimum absolute atomic E-state index is 0.0331. The molecule has 1 heterocycles. The highest BCUT2D eigenvalue weighted by molar-refractivity contribution is 7.99. The fourth-order valence-electron chi connectivity index (χ4n) is 2.21. The van der Waals surface area contributed by atoms with Crippen molar-refractivity contribution in [1.82, 2.24) is 4.72 Å². The van der Waals surface area contributed by atoms with E-state index in [1.54, 1.807) is 30.0 Å². The van der Waals surface area contributed by atoms with E-state index in [2.05, 4.69) is 16.6 Å². The second-order valence-electron chi connectivity index (χ2n) is 5.02. The molecule has 1 atom stereocenters. The molecule has 2 rings (SSSR count). The average molecular weight is 324 g/mol. The number of hydrogen-bond acceptors (Lipinski definition) is 4. The van der Waals surface area contributed by atoms with Crippen LogP contribution in [0.4, 0.5) is 0 Å². The Morgan fingerprint density at radius 1 is 1.48 bits per heavy atom. The Morgan fingerprint density at radius 2 is 2.29 bits per heavy atom. The third-order valence-corrected chi connectivity index (χ3v) is 6.05. The maximum atomic E-state index is 12.4. The summed E-state index contributed by atoms with van der Waals surface area (Å²) in [6.45, 7) is 2.15. The second-order valence-corrected chi connectivity index (χ2v) is 7.88. The van der Waals surface area contributed by atoms with Gasteiger partial charge in [0.25, 0.3) is 0 Å². The lowest BCUT2D eigenvalue weighted by molar-refractivity contribution is 0.543. The molecule has 21 heavy (non-hydrogen) atoms. The van der Waals surface area contributed by atoms with Crippen molar-refractivity contribution in [3.05, 3.63) is 29.3 Å². The zero-order valence-electron chi connectivity index (χ0n) is 12.1. The molecule has 1 saturated heterocycles. The summed E-state index contributed by atoms with van der Waals surface area (Å²) in [6, 6.07) is 5.04. The molecule has 1 aromatic carbocycles. The summed E-state index contributed by atoms with van der Waals surface area (Å²) in [7, 11) is -3.46. The van der Waals surface area contributed by atoms with Crippen LogP contribution >= 0.6 is 11.8 Å². The first-order valence-corrected chi connectivity index (χ1v) is 9.56. The quantitative estimate of drug-likeness (QED) is 0.826. The van der Waals surface area contributed by atoms with Gasteiger partial charge >= 0.3 is 0 Å². The van der Waals surface area contributed by atoms with Crippen LogP contribution in [0.3, 0.4) is 0 Å². The largest absolute Gasteiger partial charge is 0.320 e. The second kappa shape index (κ2) is 7.32. The van der Waals surface area contributed by atoms with E-state index in [9.17, 15) is 8.42 Å². The number of nitrogens with one attached hydrogen (secondary N) is 1. The number of benzene rings is 1. The SMILES string of the molecule is Cc1cc(S(=O)(=O)NC2CCCSC2)ccc1C#CCN. The summed E-state index contributed by atoms with van der Waals surface area (Å²) in [6.07, 6.45) is 1.97. The molecule has 0 amide bonds. The van der Waals surface area contributed by atoms with Gasteiger partial charge in [0.2, 0.25) is 10.0 Å². The van der Waals surface area contributed by atoms with Crippen LogP contribution in [0, 0.1) is 18.8 Å². The highest BCUT2D eigenvalue weighted by Crippen LogP contribution is 2.20. The number of rotatable bonds is 3. The molecular formula is C15H20N2O2S2. The highest BCUT2D eigenvalue weighted by atomic mass is 32.2. The van der Waals surface area contributed by atoms with Gasteiger partial charge in [-0.1, -0.05) is 11.8 Å². The Bertz CT molecular complexity index is 654. The van der Waals surface area contributed by atoms with Gasteiger partial charge in [0.1, 0.15) is 0 Å². The van der Waals surface area contributed by atoms with Gasteiger partial charge in [-0.25, -0.2) is 13.1 Å². The normalized spacial score (nSPS) is 18.9. The van der Waals surface area contributed by atoms with Gasteiger partial charge in [-0.3, -0.25) is 0 Å². The van der Waals surface area contributed by atoms with E-state index in [-0.39, 0.29) is 6.04 Å². The summed E-state index contributed by atoms with van der Waals surface area (Å²) < 4.78 is 27.6. The molecule has 114 valence electrons. The maximum absolute atomic E-state index is 12.4. The molecule has 0 radical (unpaired) electrons. The molecule has 0 bridgehead atoms. The summed E-state index contributed by atoms with van der Waals surface area (Å²) >= 11 is 1.80. The van der Waals surface area contributed by atoms with Crippen LogP contribution in [-0.2, 0) is 10.0 Å². The Labute approximate surface area is 130 Å². The number of aryl methyl sites for hydroxylation is 1. The number of hydrogen-bond donors (Lipinski definition) is 2. The Balaban J connectivity index is 2.18. The molecule has 1 aromatic rings. The van der Waals surface area contributed by atoms with Gasteiger partial charge < -0.3 is 5.73 Å². The van der Waals surface area contributed by atoms with E-state index in [1.807, 2.05) is 6.92 Å². The first kappa shape index (κ1) is 16.4. The molecule has 6 heteroatoms. The van der Waals surface area contributed by atoms with Crippen molar-refractivity contribution in [3.8, 4) is 11.8 Å². The van der Waals surface area contributed by atoms with Crippen LogP contribution in [-0.4, -0.2) is 32.5 Å². The van der Waals surface area contributed by atoms with E-state index in [0.29, 0.717) is 11.4 Å². The van der Waals surface area contributed by atoms with Crippen LogP contribution in [0.5, 0.6) is 0 Å². The van der Waals surface area contributed by atoms with Crippen LogP contribution in [0.25, 0.3) is 0 Å². The first-order chi connectivity index (χ1) is 10.0. The van der Waals surface area contributed by atoms with Gasteiger partial charge in [-0.2, -0.15) is 11.8 Å². The van der Waals surface area contributed by atoms with E-state index in [4.69, 9.17) is 5.73 Å². The molecule has 1 unspecified atom stereocenters. The van der Waals surface area contributed by atoms with Gasteiger partial charge in [-0.15, -0.1) is 0 Å². The van der Waals surface area contributed by atoms with Crippen LogP contribution in [0.2, 0.25) is 0 Å². The monoisotopic (exact) mass is 324 g/mol. The Hall–Kier alpha value is -1.00. The van der Waals surface area contributed by atoms with Crippen molar-refractivity contribution < 1.29 is 8.42 Å². The van der Waals surface area contributed by atoms with E-state index < -0.39 is 10.0 Å². The first-order valence-electron chi connectivity index (χ1n) is 6.92. The minimum atomic E-state index is -3.46. The third kappa shape index (κ3) is 4.48. The van der Waals surface area contributed by atoms with Gasteiger partial charge in [0, 0.05) is 17.4 Å². The molecule has 0 spiro atoms. The number of sulfonamides is 1. The van der Waals surface area contributed by atoms with Crippen LogP contribution in [0.15, 0.2) is 23.1 Å². The van der Waals surface area contributed by atoms with E-state index in [0.717, 1.165) is 35.5 Å². The summed E-state index contributed by atoms with van der Waals surface area (Å²) in [5.41, 5.74) is 7.01. The van der Waals surface area contributed by atoms with Crippen LogP contribution in [0.1, 0.15) is 24.0 Å². The highest BCUT2D eigenvalue weighted by Gasteiger charge is 2.22. The fraction of sp³-hybridized carbons (Fsp3) is 0.467. The van der Waals surface area contributed by atoms with Gasteiger partial charge in [-0.05, 0) is 49.3 Å². The van der Waals surface area contributed by atoms with E-state index >= 15 is 0 Å². The standard InChI is InChI=1S/C15H20N2O2S2/c1-12-10-15(7-6-13(12)4-2-8-16)21(18,19)17-14-5-3-9-20-11-14/h6-7,10,14,17H,3,5,8-9,11,16H2,1H3.